The zero-order chi connectivity index (χ0) is 21.9. The number of amides is 1. The molecule has 2 N–H and O–H groups in total. The number of carbonyl (C=O) groups excluding carboxylic acids is 1. The third-order valence-corrected chi connectivity index (χ3v) is 5.00. The molecule has 0 bridgehead atoms. The van der Waals surface area contributed by atoms with E-state index < -0.39 is 33.4 Å². The van der Waals surface area contributed by atoms with Gasteiger partial charge in [0.25, 0.3) is 5.91 Å². The van der Waals surface area contributed by atoms with Crippen LogP contribution in [0.15, 0.2) is 48.0 Å². The molecule has 0 spiro atoms. The van der Waals surface area contributed by atoms with Crippen LogP contribution in [0.4, 0.5) is 8.78 Å². The molecule has 1 fully saturated rings. The van der Waals surface area contributed by atoms with Crippen molar-refractivity contribution < 1.29 is 22.5 Å². The van der Waals surface area contributed by atoms with Gasteiger partial charge in [0.1, 0.15) is 11.3 Å². The van der Waals surface area contributed by atoms with E-state index in [0.717, 1.165) is 19.0 Å². The van der Waals surface area contributed by atoms with Crippen molar-refractivity contribution in [3.8, 4) is 11.6 Å². The van der Waals surface area contributed by atoms with Crippen LogP contribution in [0.5, 0.6) is 11.6 Å². The highest BCUT2D eigenvalue weighted by atomic mass is 32.2. The molecule has 3 rings (SSSR count). The number of hydrogen-bond acceptors (Lipinski definition) is 6. The Balaban J connectivity index is 1.90. The van der Waals surface area contributed by atoms with Crippen molar-refractivity contribution in [2.24, 2.45) is 5.92 Å². The number of nitrogens with zero attached hydrogens (tertiary/aromatic N) is 2. The summed E-state index contributed by atoms with van der Waals surface area (Å²) in [5, 5.41) is 4.03. The lowest BCUT2D eigenvalue weighted by molar-refractivity contribution is 0.00707. The van der Waals surface area contributed by atoms with Gasteiger partial charge in [0, 0.05) is 24.8 Å². The molecule has 0 aliphatic heterocycles. The molecule has 10 heteroatoms. The highest BCUT2D eigenvalue weighted by Gasteiger charge is 2.33. The zero-order valence-corrected chi connectivity index (χ0v) is 17.3. The number of aromatic nitrogens is 2. The molecule has 1 aliphatic carbocycles. The summed E-state index contributed by atoms with van der Waals surface area (Å²) in [6, 6.07) is 7.92. The van der Waals surface area contributed by atoms with Crippen LogP contribution in [0.2, 0.25) is 0 Å². The van der Waals surface area contributed by atoms with Gasteiger partial charge in [-0.25, -0.2) is 14.0 Å². The molecule has 1 heterocycles. The quantitative estimate of drug-likeness (QED) is 0.649. The van der Waals surface area contributed by atoms with Gasteiger partial charge in [0.15, 0.2) is 0 Å². The third kappa shape index (κ3) is 6.06. The minimum atomic E-state index is -3.31. The molecule has 1 aromatic heterocycles. The maximum atomic E-state index is 13.7. The zero-order valence-electron chi connectivity index (χ0n) is 16.5. The van der Waals surface area contributed by atoms with E-state index in [2.05, 4.69) is 15.3 Å². The number of halogens is 2. The maximum Gasteiger partial charge on any atom is 0.303 e. The summed E-state index contributed by atoms with van der Waals surface area (Å²) >= 11 is 0. The van der Waals surface area contributed by atoms with Gasteiger partial charge in [-0.05, 0) is 30.9 Å². The normalized spacial score (nSPS) is 17.3. The van der Waals surface area contributed by atoms with Crippen molar-refractivity contribution in [2.75, 3.05) is 6.26 Å². The van der Waals surface area contributed by atoms with E-state index in [4.69, 9.17) is 9.52 Å². The number of hydrogen-bond donors (Lipinski definition) is 2. The molecule has 1 amide bonds. The van der Waals surface area contributed by atoms with E-state index in [-0.39, 0.29) is 17.4 Å². The number of alkyl halides is 2. The van der Waals surface area contributed by atoms with Gasteiger partial charge in [0.2, 0.25) is 11.7 Å². The Bertz CT molecular complexity index is 1050. The topological polar surface area (TPSA) is 105 Å². The van der Waals surface area contributed by atoms with Crippen LogP contribution in [0.3, 0.4) is 0 Å². The Hall–Kier alpha value is -2.88. The number of para-hydroxylation sites is 1. The average molecular weight is 436 g/mol. The number of rotatable bonds is 8. The van der Waals surface area contributed by atoms with Gasteiger partial charge >= 0.3 is 5.92 Å². The SMILES string of the molecule is CC(F)(F)c1ncc(C(=O)N[C@@H](/C=C/[S@](C)(=N)=O)C2CC2)c(Oc2ccccc2)n1. The van der Waals surface area contributed by atoms with Gasteiger partial charge in [0.05, 0.1) is 15.8 Å². The molecule has 0 radical (unpaired) electrons. The molecule has 160 valence electrons. The fraction of sp³-hybridized carbons (Fsp3) is 0.350. The molecule has 1 aromatic carbocycles. The van der Waals surface area contributed by atoms with E-state index >= 15 is 0 Å². The first-order valence-electron chi connectivity index (χ1n) is 9.24. The number of ether oxygens (including phenoxy) is 1. The van der Waals surface area contributed by atoms with Crippen molar-refractivity contribution in [1.29, 1.82) is 4.78 Å². The standard InChI is InChI=1S/C20H22F2N4O3S/c1-20(21,22)19-24-12-15(18(26-19)29-14-6-4-3-5-7-14)17(27)25-16(13-8-9-13)10-11-30(2,23)28/h3-7,10-13,16,23H,8-9H2,1-2H3,(H,25,27)/b11-10+/t16-,30+/m0/s1. The maximum absolute atomic E-state index is 13.7. The van der Waals surface area contributed by atoms with Gasteiger partial charge in [-0.1, -0.05) is 24.3 Å². The number of nitrogens with one attached hydrogen (secondary N) is 2. The summed E-state index contributed by atoms with van der Waals surface area (Å²) in [5.74, 6) is -4.48. The second kappa shape index (κ2) is 8.47. The molecule has 30 heavy (non-hydrogen) atoms. The summed E-state index contributed by atoms with van der Waals surface area (Å²) in [6.07, 6.45) is 5.58. The average Bonchev–Trinajstić information content (AvgIpc) is 3.49. The summed E-state index contributed by atoms with van der Waals surface area (Å²) in [7, 11) is -2.86. The first kappa shape index (κ1) is 21.8. The summed E-state index contributed by atoms with van der Waals surface area (Å²) in [6.45, 7) is 0.658. The Kier molecular flexibility index (Phi) is 6.16. The first-order chi connectivity index (χ1) is 14.0. The molecule has 7 nitrogen and oxygen atoms in total. The van der Waals surface area contributed by atoms with Gasteiger partial charge < -0.3 is 10.1 Å². The van der Waals surface area contributed by atoms with Crippen LogP contribution in [0, 0.1) is 10.7 Å². The summed E-state index contributed by atoms with van der Waals surface area (Å²) in [4.78, 5) is 20.3. The Morgan fingerprint density at radius 2 is 2.03 bits per heavy atom. The molecule has 2 aromatic rings. The predicted molar refractivity (Wildman–Crippen MR) is 108 cm³/mol. The van der Waals surface area contributed by atoms with Crippen LogP contribution in [0.25, 0.3) is 0 Å². The number of carbonyl (C=O) groups is 1. The highest BCUT2D eigenvalue weighted by Crippen LogP contribution is 2.34. The second-order valence-electron chi connectivity index (χ2n) is 7.29. The third-order valence-electron chi connectivity index (χ3n) is 4.32. The van der Waals surface area contributed by atoms with Gasteiger partial charge in [-0.3, -0.25) is 4.79 Å². The lowest BCUT2D eigenvalue weighted by atomic mass is 10.1. The molecule has 1 aliphatic rings. The molecule has 0 unspecified atom stereocenters. The molecular formula is C20H22F2N4O3S. The fourth-order valence-corrected chi connectivity index (χ4v) is 3.12. The highest BCUT2D eigenvalue weighted by molar-refractivity contribution is 7.94. The molecule has 0 saturated heterocycles. The van der Waals surface area contributed by atoms with E-state index in [9.17, 15) is 17.8 Å². The fourth-order valence-electron chi connectivity index (χ4n) is 2.65. The monoisotopic (exact) mass is 436 g/mol. The largest absolute Gasteiger partial charge is 0.438 e. The molecule has 2 atom stereocenters. The van der Waals surface area contributed by atoms with E-state index in [1.54, 1.807) is 30.3 Å². The van der Waals surface area contributed by atoms with Crippen molar-refractivity contribution in [3.05, 3.63) is 59.4 Å². The van der Waals surface area contributed by atoms with Crippen LogP contribution < -0.4 is 10.1 Å². The van der Waals surface area contributed by atoms with Crippen molar-refractivity contribution in [1.82, 2.24) is 15.3 Å². The molecule has 1 saturated carbocycles. The second-order valence-corrected chi connectivity index (χ2v) is 9.37. The van der Waals surface area contributed by atoms with Crippen LogP contribution in [-0.4, -0.2) is 32.4 Å². The summed E-state index contributed by atoms with van der Waals surface area (Å²) < 4.78 is 52.1. The Labute approximate surface area is 173 Å². The lowest BCUT2D eigenvalue weighted by Crippen LogP contribution is -2.35. The Morgan fingerprint density at radius 3 is 2.60 bits per heavy atom. The lowest BCUT2D eigenvalue weighted by Gasteiger charge is -2.17. The van der Waals surface area contributed by atoms with Crippen LogP contribution in [0.1, 0.15) is 35.9 Å². The predicted octanol–water partition coefficient (Wildman–Crippen LogP) is 4.08. The van der Waals surface area contributed by atoms with Gasteiger partial charge in [-0.15, -0.1) is 0 Å². The van der Waals surface area contributed by atoms with E-state index in [1.165, 1.54) is 17.7 Å². The first-order valence-corrected chi connectivity index (χ1v) is 11.3. The van der Waals surface area contributed by atoms with E-state index in [1.807, 2.05) is 0 Å². The van der Waals surface area contributed by atoms with Crippen LogP contribution >= 0.6 is 0 Å². The van der Waals surface area contributed by atoms with Crippen LogP contribution in [-0.2, 0) is 15.7 Å². The van der Waals surface area contributed by atoms with Crippen molar-refractivity contribution in [3.63, 3.8) is 0 Å². The number of benzene rings is 1. The van der Waals surface area contributed by atoms with Crippen molar-refractivity contribution >= 4 is 15.6 Å². The minimum absolute atomic E-state index is 0.103. The Morgan fingerprint density at radius 1 is 1.37 bits per heavy atom. The van der Waals surface area contributed by atoms with Gasteiger partial charge in [-0.2, -0.15) is 13.8 Å². The van der Waals surface area contributed by atoms with E-state index in [0.29, 0.717) is 12.7 Å². The molecular weight excluding hydrogens is 414 g/mol. The smallest absolute Gasteiger partial charge is 0.303 e. The minimum Gasteiger partial charge on any atom is -0.438 e. The summed E-state index contributed by atoms with van der Waals surface area (Å²) in [5.41, 5.74) is -0.103. The van der Waals surface area contributed by atoms with Crippen molar-refractivity contribution in [2.45, 2.75) is 31.7 Å².